The predicted octanol–water partition coefficient (Wildman–Crippen LogP) is 1.85. The number of rotatable bonds is 7. The Balaban J connectivity index is 2.90. The molecule has 0 radical (unpaired) electrons. The summed E-state index contributed by atoms with van der Waals surface area (Å²) >= 11 is 0. The maximum Gasteiger partial charge on any atom is 0.303 e. The van der Waals surface area contributed by atoms with Gasteiger partial charge in [-0.1, -0.05) is 12.1 Å². The van der Waals surface area contributed by atoms with E-state index in [1.807, 2.05) is 0 Å². The normalized spacial score (nSPS) is 11.3. The summed E-state index contributed by atoms with van der Waals surface area (Å²) in [6.45, 7) is 1.69. The van der Waals surface area contributed by atoms with Crippen molar-refractivity contribution in [2.75, 3.05) is 16.6 Å². The summed E-state index contributed by atoms with van der Waals surface area (Å²) in [7, 11) is -3.71. The van der Waals surface area contributed by atoms with Crippen molar-refractivity contribution in [2.45, 2.75) is 19.8 Å². The van der Waals surface area contributed by atoms with Gasteiger partial charge in [-0.05, 0) is 25.5 Å². The van der Waals surface area contributed by atoms with Crippen molar-refractivity contribution in [2.24, 2.45) is 0 Å². The lowest BCUT2D eigenvalue weighted by Gasteiger charge is -2.23. The summed E-state index contributed by atoms with van der Waals surface area (Å²) in [4.78, 5) is 10.4. The Bertz CT molecular complexity index is 544. The van der Waals surface area contributed by atoms with Crippen molar-refractivity contribution in [3.05, 3.63) is 30.1 Å². The molecular weight excluding hydrogens is 273 g/mol. The largest absolute Gasteiger partial charge is 0.481 e. The molecule has 0 saturated heterocycles. The van der Waals surface area contributed by atoms with Gasteiger partial charge in [-0.2, -0.15) is 0 Å². The number of anilines is 1. The second kappa shape index (κ2) is 6.51. The lowest BCUT2D eigenvalue weighted by atomic mass is 10.3. The van der Waals surface area contributed by atoms with Crippen LogP contribution in [0.5, 0.6) is 0 Å². The fourth-order valence-corrected chi connectivity index (χ4v) is 3.26. The lowest BCUT2D eigenvalue weighted by Crippen LogP contribution is -2.33. The number of halogens is 1. The Kier molecular flexibility index (Phi) is 5.29. The number of hydrogen-bond donors (Lipinski definition) is 1. The molecule has 1 aromatic carbocycles. The third kappa shape index (κ3) is 4.20. The van der Waals surface area contributed by atoms with Gasteiger partial charge in [-0.15, -0.1) is 0 Å². The quantitative estimate of drug-likeness (QED) is 0.831. The first-order chi connectivity index (χ1) is 8.88. The molecule has 1 N–H and O–H groups in total. The summed E-state index contributed by atoms with van der Waals surface area (Å²) in [6, 6.07) is 5.59. The minimum absolute atomic E-state index is 0.00260. The molecule has 0 unspecified atom stereocenters. The lowest BCUT2D eigenvalue weighted by molar-refractivity contribution is -0.137. The first-order valence-electron chi connectivity index (χ1n) is 5.85. The number of carboxylic acid groups (broad SMARTS) is 1. The van der Waals surface area contributed by atoms with Gasteiger partial charge in [0.15, 0.2) is 0 Å². The van der Waals surface area contributed by atoms with E-state index in [9.17, 15) is 17.6 Å². The van der Waals surface area contributed by atoms with Crippen LogP contribution in [0.25, 0.3) is 0 Å². The molecule has 0 aliphatic heterocycles. The number of nitrogens with zero attached hydrogens (tertiary/aromatic N) is 1. The molecule has 5 nitrogen and oxygen atoms in total. The minimum Gasteiger partial charge on any atom is -0.481 e. The highest BCUT2D eigenvalue weighted by Gasteiger charge is 2.23. The highest BCUT2D eigenvalue weighted by Crippen LogP contribution is 2.22. The van der Waals surface area contributed by atoms with Crippen LogP contribution >= 0.6 is 0 Å². The van der Waals surface area contributed by atoms with Crippen molar-refractivity contribution in [1.29, 1.82) is 0 Å². The summed E-state index contributed by atoms with van der Waals surface area (Å²) < 4.78 is 38.7. The molecule has 1 aromatic rings. The number of benzene rings is 1. The van der Waals surface area contributed by atoms with Gasteiger partial charge in [0, 0.05) is 13.0 Å². The first kappa shape index (κ1) is 15.4. The molecule has 0 aromatic heterocycles. The number of aliphatic carboxylic acids is 1. The number of carbonyl (C=O) groups is 1. The standard InChI is InChI=1S/C12H16FNO4S/c1-2-14(11-7-4-3-6-10(11)13)19(17,18)9-5-8-12(15)16/h3-4,6-7H,2,5,8-9H2,1H3,(H,15,16). The molecule has 0 aliphatic carbocycles. The molecule has 0 spiro atoms. The van der Waals surface area contributed by atoms with E-state index in [2.05, 4.69) is 0 Å². The van der Waals surface area contributed by atoms with Crippen molar-refractivity contribution >= 4 is 21.7 Å². The molecule has 0 aliphatic rings. The van der Waals surface area contributed by atoms with Crippen molar-refractivity contribution in [3.8, 4) is 0 Å². The van der Waals surface area contributed by atoms with Gasteiger partial charge < -0.3 is 5.11 Å². The third-order valence-corrected chi connectivity index (χ3v) is 4.47. The Labute approximate surface area is 111 Å². The minimum atomic E-state index is -3.71. The number of para-hydroxylation sites is 1. The van der Waals surface area contributed by atoms with E-state index >= 15 is 0 Å². The van der Waals surface area contributed by atoms with Crippen molar-refractivity contribution in [3.63, 3.8) is 0 Å². The van der Waals surface area contributed by atoms with Crippen LogP contribution in [0.15, 0.2) is 24.3 Å². The molecule has 0 bridgehead atoms. The maximum atomic E-state index is 13.6. The number of sulfonamides is 1. The average Bonchev–Trinajstić information content (AvgIpc) is 2.31. The molecule has 0 fully saturated rings. The van der Waals surface area contributed by atoms with Crippen LogP contribution in [0.1, 0.15) is 19.8 Å². The molecule has 0 atom stereocenters. The number of hydrogen-bond acceptors (Lipinski definition) is 3. The molecule has 7 heteroatoms. The van der Waals surface area contributed by atoms with Crippen LogP contribution < -0.4 is 4.31 Å². The Morgan fingerprint density at radius 2 is 2.00 bits per heavy atom. The summed E-state index contributed by atoms with van der Waals surface area (Å²) in [5.41, 5.74) is -0.0136. The van der Waals surface area contributed by atoms with Gasteiger partial charge >= 0.3 is 5.97 Å². The molecular formula is C12H16FNO4S. The van der Waals surface area contributed by atoms with E-state index < -0.39 is 21.8 Å². The Hall–Kier alpha value is -1.63. The summed E-state index contributed by atoms with van der Waals surface area (Å²) in [5.74, 6) is -1.99. The zero-order valence-electron chi connectivity index (χ0n) is 10.5. The van der Waals surface area contributed by atoms with Crippen LogP contribution in [-0.4, -0.2) is 31.8 Å². The van der Waals surface area contributed by atoms with Crippen molar-refractivity contribution in [1.82, 2.24) is 0 Å². The zero-order valence-corrected chi connectivity index (χ0v) is 11.4. The van der Waals surface area contributed by atoms with E-state index in [0.717, 1.165) is 4.31 Å². The highest BCUT2D eigenvalue weighted by molar-refractivity contribution is 7.92. The molecule has 0 amide bonds. The van der Waals surface area contributed by atoms with Crippen molar-refractivity contribution < 1.29 is 22.7 Å². The van der Waals surface area contributed by atoms with E-state index in [4.69, 9.17) is 5.11 Å². The SMILES string of the molecule is CCN(c1ccccc1F)S(=O)(=O)CCCC(=O)O. The molecule has 19 heavy (non-hydrogen) atoms. The van der Waals surface area contributed by atoms with Crippen LogP contribution in [-0.2, 0) is 14.8 Å². The monoisotopic (exact) mass is 289 g/mol. The molecule has 1 rings (SSSR count). The fourth-order valence-electron chi connectivity index (χ4n) is 1.69. The van der Waals surface area contributed by atoms with Gasteiger partial charge in [0.1, 0.15) is 5.82 Å². The maximum absolute atomic E-state index is 13.6. The summed E-state index contributed by atoms with van der Waals surface area (Å²) in [6.07, 6.45) is -0.226. The third-order valence-electron chi connectivity index (χ3n) is 2.54. The van der Waals surface area contributed by atoms with Crippen LogP contribution in [0.2, 0.25) is 0 Å². The van der Waals surface area contributed by atoms with E-state index in [1.54, 1.807) is 13.0 Å². The average molecular weight is 289 g/mol. The molecule has 0 heterocycles. The highest BCUT2D eigenvalue weighted by atomic mass is 32.2. The van der Waals surface area contributed by atoms with E-state index in [-0.39, 0.29) is 30.8 Å². The Morgan fingerprint density at radius 1 is 1.37 bits per heavy atom. The summed E-state index contributed by atoms with van der Waals surface area (Å²) in [5, 5.41) is 8.50. The molecule has 0 saturated carbocycles. The topological polar surface area (TPSA) is 74.7 Å². The Morgan fingerprint density at radius 3 is 2.53 bits per heavy atom. The van der Waals surface area contributed by atoms with Crippen LogP contribution in [0, 0.1) is 5.82 Å². The predicted molar refractivity (Wildman–Crippen MR) is 70.1 cm³/mol. The van der Waals surface area contributed by atoms with E-state index in [1.165, 1.54) is 18.2 Å². The van der Waals surface area contributed by atoms with Gasteiger partial charge in [0.25, 0.3) is 0 Å². The fraction of sp³-hybridized carbons (Fsp3) is 0.417. The van der Waals surface area contributed by atoms with Gasteiger partial charge in [-0.3, -0.25) is 9.10 Å². The second-order valence-corrected chi connectivity index (χ2v) is 5.94. The first-order valence-corrected chi connectivity index (χ1v) is 7.46. The van der Waals surface area contributed by atoms with Crippen LogP contribution in [0.3, 0.4) is 0 Å². The second-order valence-electron chi connectivity index (χ2n) is 3.93. The van der Waals surface area contributed by atoms with Gasteiger partial charge in [-0.25, -0.2) is 12.8 Å². The van der Waals surface area contributed by atoms with Gasteiger partial charge in [0.2, 0.25) is 10.0 Å². The molecule has 106 valence electrons. The van der Waals surface area contributed by atoms with Gasteiger partial charge in [0.05, 0.1) is 11.4 Å². The zero-order chi connectivity index (χ0) is 14.5. The van der Waals surface area contributed by atoms with Crippen LogP contribution in [0.4, 0.5) is 10.1 Å². The van der Waals surface area contributed by atoms with E-state index in [0.29, 0.717) is 0 Å². The number of carboxylic acids is 1. The smallest absolute Gasteiger partial charge is 0.303 e.